The topological polar surface area (TPSA) is 85.4 Å². The largest absolute Gasteiger partial charge is 0.663 e. The Hall–Kier alpha value is -1.43. The normalized spacial score (nSPS) is 15.4. The Morgan fingerprint density at radius 2 is 1.81 bits per heavy atom. The van der Waals surface area contributed by atoms with Crippen molar-refractivity contribution in [3.05, 3.63) is 23.4 Å². The first kappa shape index (κ1) is 12.6. The minimum atomic E-state index is -3.75. The van der Waals surface area contributed by atoms with E-state index in [2.05, 4.69) is 9.47 Å². The Kier molecular flexibility index (Phi) is 3.05. The van der Waals surface area contributed by atoms with Gasteiger partial charge in [-0.1, -0.05) is 0 Å². The van der Waals surface area contributed by atoms with Crippen LogP contribution >= 0.6 is 0 Å². The molecule has 0 bridgehead atoms. The summed E-state index contributed by atoms with van der Waals surface area (Å²) in [7, 11) is 0. The van der Waals surface area contributed by atoms with Crippen LogP contribution in [0.1, 0.15) is 10.4 Å². The summed E-state index contributed by atoms with van der Waals surface area (Å²) in [6, 6.07) is 1.99. The molecule has 3 N–H and O–H groups in total. The van der Waals surface area contributed by atoms with Crippen LogP contribution in [0.2, 0.25) is 0 Å². The van der Waals surface area contributed by atoms with Crippen LogP contribution in [0.3, 0.4) is 0 Å². The number of benzene rings is 1. The van der Waals surface area contributed by atoms with Gasteiger partial charge in [-0.25, -0.2) is 0 Å². The molecule has 1 heterocycles. The summed E-state index contributed by atoms with van der Waals surface area (Å²) in [6.07, 6.45) is -3.75. The monoisotopic (exact) mass is 318 g/mol. The van der Waals surface area contributed by atoms with Gasteiger partial charge in [0.1, 0.15) is 0 Å². The summed E-state index contributed by atoms with van der Waals surface area (Å²) in [5.41, 5.74) is 11.9. The summed E-state index contributed by atoms with van der Waals surface area (Å²) in [4.78, 5) is 10.7. The fourth-order valence-corrected chi connectivity index (χ4v) is 1.21. The number of nitrogens with two attached hydrogens (primary N) is 1. The molecule has 89 valence electrons. The second kappa shape index (κ2) is 3.86. The predicted molar refractivity (Wildman–Crippen MR) is 45.7 cm³/mol. The molecule has 16 heavy (non-hydrogen) atoms. The fraction of sp³-hybridized carbons (Fsp3) is 0.125. The van der Waals surface area contributed by atoms with E-state index in [4.69, 9.17) is 11.5 Å². The van der Waals surface area contributed by atoms with Gasteiger partial charge in [0.15, 0.2) is 11.5 Å². The quantitative estimate of drug-likeness (QED) is 0.632. The molecule has 0 fully saturated rings. The standard InChI is InChI=1S/C8H6F2N2O3.Rh/c9-8(10)14-5-1-3(7(12)13)4(11)2-6(5)15-8;/h1-2H,(H4,11,12,13);/p-1. The zero-order chi connectivity index (χ0) is 11.2. The van der Waals surface area contributed by atoms with E-state index in [0.717, 1.165) is 12.1 Å². The van der Waals surface area contributed by atoms with Crippen molar-refractivity contribution >= 4 is 11.6 Å². The minimum absolute atomic E-state index is 0. The number of fused-ring (bicyclic) bond motifs is 1. The van der Waals surface area contributed by atoms with E-state index in [1.165, 1.54) is 0 Å². The van der Waals surface area contributed by atoms with Crippen LogP contribution in [0, 0.1) is 0 Å². The van der Waals surface area contributed by atoms with Crippen LogP contribution in [0.4, 0.5) is 14.5 Å². The van der Waals surface area contributed by atoms with Crippen molar-refractivity contribution < 1.29 is 42.5 Å². The maximum Gasteiger partial charge on any atom is 0.586 e. The number of anilines is 1. The Morgan fingerprint density at radius 3 is 2.31 bits per heavy atom. The molecule has 0 aromatic heterocycles. The third-order valence-electron chi connectivity index (χ3n) is 1.82. The van der Waals surface area contributed by atoms with Crippen LogP contribution in [-0.2, 0) is 19.5 Å². The molecule has 0 spiro atoms. The molecule has 5 nitrogen and oxygen atoms in total. The maximum atomic E-state index is 12.6. The first-order chi connectivity index (χ1) is 6.89. The average molecular weight is 318 g/mol. The second-order valence-electron chi connectivity index (χ2n) is 2.88. The summed E-state index contributed by atoms with van der Waals surface area (Å²) < 4.78 is 33.4. The van der Waals surface area contributed by atoms with E-state index in [0.29, 0.717) is 0 Å². The molecule has 1 radical (unpaired) electrons. The molecule has 0 atom stereocenters. The number of halogens is 2. The third-order valence-corrected chi connectivity index (χ3v) is 1.82. The summed E-state index contributed by atoms with van der Waals surface area (Å²) in [5.74, 6) is -1.62. The van der Waals surface area contributed by atoms with Crippen molar-refractivity contribution in [1.29, 1.82) is 0 Å². The van der Waals surface area contributed by atoms with Crippen LogP contribution < -0.4 is 15.2 Å². The third kappa shape index (κ3) is 2.06. The van der Waals surface area contributed by atoms with Crippen molar-refractivity contribution in [3.63, 3.8) is 0 Å². The molecular weight excluding hydrogens is 313 g/mol. The Bertz CT molecular complexity index is 453. The van der Waals surface area contributed by atoms with Gasteiger partial charge in [-0.15, -0.1) is 8.78 Å². The zero-order valence-electron chi connectivity index (χ0n) is 7.55. The molecule has 0 saturated heterocycles. The number of alkyl halides is 2. The number of carbonyl (C=O) groups excluding carboxylic acids is 1. The van der Waals surface area contributed by atoms with Crippen molar-refractivity contribution in [1.82, 2.24) is 0 Å². The number of amides is 1. The maximum absolute atomic E-state index is 12.6. The van der Waals surface area contributed by atoms with E-state index >= 15 is 0 Å². The van der Waals surface area contributed by atoms with Crippen molar-refractivity contribution in [2.24, 2.45) is 0 Å². The number of nitrogens with one attached hydrogen (secondary N) is 1. The van der Waals surface area contributed by atoms with Crippen molar-refractivity contribution in [2.45, 2.75) is 6.29 Å². The van der Waals surface area contributed by atoms with E-state index < -0.39 is 12.2 Å². The van der Waals surface area contributed by atoms with Gasteiger partial charge >= 0.3 is 6.29 Å². The molecule has 0 saturated carbocycles. The molecule has 1 aliphatic rings. The summed E-state index contributed by atoms with van der Waals surface area (Å²) in [5, 5.41) is 0. The van der Waals surface area contributed by atoms with Gasteiger partial charge in [0.05, 0.1) is 5.91 Å². The van der Waals surface area contributed by atoms with Crippen molar-refractivity contribution in [2.75, 3.05) is 5.73 Å². The number of hydrogen-bond acceptors (Lipinski definition) is 4. The molecule has 1 aliphatic heterocycles. The van der Waals surface area contributed by atoms with Gasteiger partial charge in [0, 0.05) is 36.8 Å². The van der Waals surface area contributed by atoms with Gasteiger partial charge < -0.3 is 25.7 Å². The molecule has 8 heteroatoms. The Labute approximate surface area is 101 Å². The molecule has 2 rings (SSSR count). The molecule has 1 amide bonds. The second-order valence-corrected chi connectivity index (χ2v) is 2.88. The first-order valence-electron chi connectivity index (χ1n) is 3.84. The molecule has 0 unspecified atom stereocenters. The Balaban J connectivity index is 0.00000128. The van der Waals surface area contributed by atoms with E-state index in [-0.39, 0.29) is 42.2 Å². The van der Waals surface area contributed by atoms with Gasteiger partial charge in [0.2, 0.25) is 0 Å². The number of hydrogen-bond donors (Lipinski definition) is 1. The van der Waals surface area contributed by atoms with Crippen LogP contribution in [0.5, 0.6) is 11.5 Å². The van der Waals surface area contributed by atoms with Crippen LogP contribution in [0.25, 0.3) is 5.73 Å². The molecule has 0 aliphatic carbocycles. The first-order valence-corrected chi connectivity index (χ1v) is 3.84. The molecule has 1 aromatic rings. The minimum Gasteiger partial charge on any atom is -0.663 e. The number of nitrogen functional groups attached to an aromatic ring is 1. The van der Waals surface area contributed by atoms with Gasteiger partial charge in [-0.2, -0.15) is 0 Å². The number of ether oxygens (including phenoxy) is 2. The predicted octanol–water partition coefficient (Wildman–Crippen LogP) is 1.78. The van der Waals surface area contributed by atoms with Gasteiger partial charge in [-0.05, 0) is 6.07 Å². The van der Waals surface area contributed by atoms with Gasteiger partial charge in [-0.3, -0.25) is 0 Å². The Morgan fingerprint density at radius 1 is 1.31 bits per heavy atom. The van der Waals surface area contributed by atoms with E-state index in [1.807, 2.05) is 0 Å². The van der Waals surface area contributed by atoms with Crippen LogP contribution in [-0.4, -0.2) is 12.2 Å². The SMILES string of the molecule is [NH-]C(=O)c1cc2c(cc1N)OC(F)(F)O2.[Rh]. The molecule has 1 aromatic carbocycles. The zero-order valence-corrected chi connectivity index (χ0v) is 9.18. The van der Waals surface area contributed by atoms with Crippen molar-refractivity contribution in [3.8, 4) is 11.5 Å². The number of carbonyl (C=O) groups is 1. The summed E-state index contributed by atoms with van der Waals surface area (Å²) in [6.45, 7) is 0. The van der Waals surface area contributed by atoms with E-state index in [9.17, 15) is 13.6 Å². The number of rotatable bonds is 1. The smallest absolute Gasteiger partial charge is 0.586 e. The van der Waals surface area contributed by atoms with E-state index in [1.54, 1.807) is 0 Å². The van der Waals surface area contributed by atoms with Crippen LogP contribution in [0.15, 0.2) is 12.1 Å². The molecular formula is C8H5F2N2O3Rh-. The van der Waals surface area contributed by atoms with Gasteiger partial charge in [0.25, 0.3) is 0 Å². The fourth-order valence-electron chi connectivity index (χ4n) is 1.21. The average Bonchev–Trinajstić information content (AvgIpc) is 2.36. The summed E-state index contributed by atoms with van der Waals surface area (Å²) >= 11 is 0.